The molecule has 136 valence electrons. The lowest BCUT2D eigenvalue weighted by Crippen LogP contribution is -2.09. The zero-order valence-corrected chi connectivity index (χ0v) is 16.6. The molecule has 0 aliphatic heterocycles. The Morgan fingerprint density at radius 1 is 0.885 bits per heavy atom. The summed E-state index contributed by atoms with van der Waals surface area (Å²) in [6.45, 7) is 13.0. The van der Waals surface area contributed by atoms with E-state index in [0.29, 0.717) is 5.92 Å². The fourth-order valence-electron chi connectivity index (χ4n) is 4.06. The lowest BCUT2D eigenvalue weighted by molar-refractivity contribution is 0.523. The molecule has 3 aromatic rings. The van der Waals surface area contributed by atoms with Crippen LogP contribution in [0, 0.1) is 20.8 Å². The van der Waals surface area contributed by atoms with E-state index >= 15 is 0 Å². The van der Waals surface area contributed by atoms with Gasteiger partial charge in [0, 0.05) is 18.0 Å². The Hall–Kier alpha value is -2.42. The van der Waals surface area contributed by atoms with Gasteiger partial charge in [-0.15, -0.1) is 0 Å². The first kappa shape index (κ1) is 18.4. The van der Waals surface area contributed by atoms with Gasteiger partial charge in [-0.25, -0.2) is 4.98 Å². The molecule has 2 atom stereocenters. The summed E-state index contributed by atoms with van der Waals surface area (Å²) in [6, 6.07) is 8.82. The fourth-order valence-corrected chi connectivity index (χ4v) is 4.06. The number of pyridine rings is 1. The molecule has 1 aromatic carbocycles. The third kappa shape index (κ3) is 3.18. The molecular formula is C23H28N2O. The van der Waals surface area contributed by atoms with Gasteiger partial charge >= 0.3 is 0 Å². The molecular weight excluding hydrogens is 320 g/mol. The molecule has 3 rings (SSSR count). The first-order valence-corrected chi connectivity index (χ1v) is 9.39. The van der Waals surface area contributed by atoms with Crippen molar-refractivity contribution in [1.82, 2.24) is 9.97 Å². The van der Waals surface area contributed by atoms with Gasteiger partial charge in [-0.2, -0.15) is 0 Å². The molecule has 2 heterocycles. The Labute approximate surface area is 156 Å². The van der Waals surface area contributed by atoms with Crippen LogP contribution in [0.3, 0.4) is 0 Å². The summed E-state index contributed by atoms with van der Waals surface area (Å²) >= 11 is 0. The molecule has 0 radical (unpaired) electrons. The summed E-state index contributed by atoms with van der Waals surface area (Å²) in [4.78, 5) is 9.08. The summed E-state index contributed by atoms with van der Waals surface area (Å²) in [5.41, 5.74) is 8.85. The smallest absolute Gasteiger partial charge is 0.181 e. The Bertz CT molecular complexity index is 910. The van der Waals surface area contributed by atoms with E-state index in [4.69, 9.17) is 4.42 Å². The average Bonchev–Trinajstić information content (AvgIpc) is 3.07. The van der Waals surface area contributed by atoms with E-state index < -0.39 is 0 Å². The Morgan fingerprint density at radius 3 is 2.27 bits per heavy atom. The highest BCUT2D eigenvalue weighted by Crippen LogP contribution is 2.34. The minimum Gasteiger partial charge on any atom is -0.448 e. The monoisotopic (exact) mass is 348 g/mol. The molecule has 0 N–H and O–H groups in total. The molecule has 3 nitrogen and oxygen atoms in total. The van der Waals surface area contributed by atoms with Gasteiger partial charge in [0.05, 0.1) is 11.4 Å². The van der Waals surface area contributed by atoms with Crippen LogP contribution in [0.4, 0.5) is 0 Å². The predicted octanol–water partition coefficient (Wildman–Crippen LogP) is 5.86. The number of benzene rings is 1. The molecule has 0 spiro atoms. The number of aryl methyl sites for hydroxylation is 2. The maximum absolute atomic E-state index is 5.40. The quantitative estimate of drug-likeness (QED) is 0.579. The van der Waals surface area contributed by atoms with Crippen LogP contribution in [0.25, 0.3) is 0 Å². The summed E-state index contributed by atoms with van der Waals surface area (Å²) in [5, 5.41) is 0. The van der Waals surface area contributed by atoms with Crippen molar-refractivity contribution in [3.05, 3.63) is 81.8 Å². The van der Waals surface area contributed by atoms with Gasteiger partial charge in [-0.05, 0) is 61.1 Å². The van der Waals surface area contributed by atoms with Crippen molar-refractivity contribution in [2.45, 2.75) is 59.8 Å². The van der Waals surface area contributed by atoms with E-state index in [-0.39, 0.29) is 5.92 Å². The van der Waals surface area contributed by atoms with E-state index in [1.54, 1.807) is 0 Å². The summed E-state index contributed by atoms with van der Waals surface area (Å²) < 4.78 is 5.40. The van der Waals surface area contributed by atoms with Crippen LogP contribution in [-0.2, 0) is 6.42 Å². The summed E-state index contributed by atoms with van der Waals surface area (Å²) in [5.74, 6) is 1.31. The molecule has 0 saturated heterocycles. The third-order valence-corrected chi connectivity index (χ3v) is 5.69. The largest absolute Gasteiger partial charge is 0.448 e. The van der Waals surface area contributed by atoms with Crippen molar-refractivity contribution >= 4 is 0 Å². The second kappa shape index (κ2) is 7.45. The van der Waals surface area contributed by atoms with Gasteiger partial charge in [0.15, 0.2) is 6.39 Å². The zero-order valence-electron chi connectivity index (χ0n) is 16.6. The number of hydrogen-bond donors (Lipinski definition) is 0. The normalized spacial score (nSPS) is 13.6. The number of rotatable bonds is 5. The Morgan fingerprint density at radius 2 is 1.62 bits per heavy atom. The second-order valence-corrected chi connectivity index (χ2v) is 7.13. The zero-order chi connectivity index (χ0) is 18.8. The van der Waals surface area contributed by atoms with Crippen LogP contribution >= 0.6 is 0 Å². The summed E-state index contributed by atoms with van der Waals surface area (Å²) in [6.07, 6.45) is 4.51. The van der Waals surface area contributed by atoms with E-state index in [1.807, 2.05) is 13.1 Å². The van der Waals surface area contributed by atoms with Crippen molar-refractivity contribution in [2.75, 3.05) is 0 Å². The SMILES string of the molecule is CCc1cccc(C(C)c2ccnc(C(C)c3ncoc3C)c2C)c1C. The highest BCUT2D eigenvalue weighted by molar-refractivity contribution is 5.45. The number of aromatic nitrogens is 2. The summed E-state index contributed by atoms with van der Waals surface area (Å²) in [7, 11) is 0. The van der Waals surface area contributed by atoms with Crippen LogP contribution in [0.15, 0.2) is 41.3 Å². The first-order chi connectivity index (χ1) is 12.5. The molecule has 0 saturated carbocycles. The van der Waals surface area contributed by atoms with Gasteiger partial charge in [0.25, 0.3) is 0 Å². The minimum absolute atomic E-state index is 0.115. The highest BCUT2D eigenvalue weighted by Gasteiger charge is 2.22. The van der Waals surface area contributed by atoms with E-state index in [0.717, 1.165) is 23.6 Å². The van der Waals surface area contributed by atoms with Crippen LogP contribution in [0.2, 0.25) is 0 Å². The Balaban J connectivity index is 2.03. The van der Waals surface area contributed by atoms with Gasteiger partial charge in [-0.1, -0.05) is 39.0 Å². The molecule has 26 heavy (non-hydrogen) atoms. The minimum atomic E-state index is 0.115. The third-order valence-electron chi connectivity index (χ3n) is 5.69. The average molecular weight is 348 g/mol. The van der Waals surface area contributed by atoms with E-state index in [1.165, 1.54) is 34.2 Å². The van der Waals surface area contributed by atoms with Crippen LogP contribution < -0.4 is 0 Å². The van der Waals surface area contributed by atoms with Crippen molar-refractivity contribution in [3.63, 3.8) is 0 Å². The topological polar surface area (TPSA) is 38.9 Å². The first-order valence-electron chi connectivity index (χ1n) is 9.39. The molecule has 3 heteroatoms. The molecule has 0 aliphatic rings. The lowest BCUT2D eigenvalue weighted by Gasteiger charge is -2.22. The standard InChI is InChI=1S/C23H28N2O/c1-7-19-9-8-10-20(14(19)2)15(3)21-11-12-24-22(16(21)4)17(5)23-18(6)26-13-25-23/h8-13,15,17H,7H2,1-6H3. The van der Waals surface area contributed by atoms with Crippen molar-refractivity contribution in [1.29, 1.82) is 0 Å². The number of oxazole rings is 1. The second-order valence-electron chi connectivity index (χ2n) is 7.13. The van der Waals surface area contributed by atoms with E-state index in [9.17, 15) is 0 Å². The molecule has 0 amide bonds. The fraction of sp³-hybridized carbons (Fsp3) is 0.391. The maximum atomic E-state index is 5.40. The van der Waals surface area contributed by atoms with Crippen LogP contribution in [-0.4, -0.2) is 9.97 Å². The molecule has 0 bridgehead atoms. The number of hydrogen-bond acceptors (Lipinski definition) is 3. The molecule has 0 fully saturated rings. The molecule has 2 unspecified atom stereocenters. The van der Waals surface area contributed by atoms with Crippen molar-refractivity contribution in [2.24, 2.45) is 0 Å². The van der Waals surface area contributed by atoms with Gasteiger partial charge in [0.2, 0.25) is 0 Å². The van der Waals surface area contributed by atoms with Gasteiger partial charge < -0.3 is 4.42 Å². The van der Waals surface area contributed by atoms with E-state index in [2.05, 4.69) is 68.9 Å². The van der Waals surface area contributed by atoms with Gasteiger partial charge in [-0.3, -0.25) is 4.98 Å². The Kier molecular flexibility index (Phi) is 5.26. The maximum Gasteiger partial charge on any atom is 0.181 e. The highest BCUT2D eigenvalue weighted by atomic mass is 16.3. The number of nitrogens with zero attached hydrogens (tertiary/aromatic N) is 2. The molecule has 0 aliphatic carbocycles. The van der Waals surface area contributed by atoms with Crippen molar-refractivity contribution < 1.29 is 4.42 Å². The van der Waals surface area contributed by atoms with Crippen molar-refractivity contribution in [3.8, 4) is 0 Å². The van der Waals surface area contributed by atoms with Crippen LogP contribution in [0.1, 0.15) is 77.6 Å². The van der Waals surface area contributed by atoms with Crippen LogP contribution in [0.5, 0.6) is 0 Å². The predicted molar refractivity (Wildman–Crippen MR) is 106 cm³/mol. The van der Waals surface area contributed by atoms with Gasteiger partial charge in [0.1, 0.15) is 5.76 Å². The lowest BCUT2D eigenvalue weighted by atomic mass is 9.84. The molecule has 2 aromatic heterocycles.